The van der Waals surface area contributed by atoms with E-state index in [-0.39, 0.29) is 11.9 Å². The highest BCUT2D eigenvalue weighted by molar-refractivity contribution is 5.76. The summed E-state index contributed by atoms with van der Waals surface area (Å²) in [5.41, 5.74) is 7.58. The molecule has 3 rings (SSSR count). The maximum atomic E-state index is 12.2. The Balaban J connectivity index is 1.50. The summed E-state index contributed by atoms with van der Waals surface area (Å²) < 4.78 is 0. The predicted octanol–water partition coefficient (Wildman–Crippen LogP) is 2.24. The van der Waals surface area contributed by atoms with Gasteiger partial charge in [0.2, 0.25) is 5.91 Å². The van der Waals surface area contributed by atoms with Crippen LogP contribution in [-0.2, 0) is 11.3 Å². The maximum Gasteiger partial charge on any atom is 0.224 e. The lowest BCUT2D eigenvalue weighted by Crippen LogP contribution is -2.45. The topological polar surface area (TPSA) is 49.6 Å². The van der Waals surface area contributed by atoms with E-state index in [4.69, 9.17) is 5.73 Å². The Labute approximate surface area is 139 Å². The van der Waals surface area contributed by atoms with Crippen molar-refractivity contribution in [2.45, 2.75) is 45.2 Å². The van der Waals surface area contributed by atoms with Gasteiger partial charge in [0.25, 0.3) is 0 Å². The Morgan fingerprint density at radius 2 is 1.83 bits per heavy atom. The van der Waals surface area contributed by atoms with Crippen molar-refractivity contribution < 1.29 is 4.79 Å². The minimum absolute atomic E-state index is 0.0359. The van der Waals surface area contributed by atoms with E-state index in [9.17, 15) is 4.79 Å². The number of nitrogens with zero attached hydrogens (tertiary/aromatic N) is 2. The lowest BCUT2D eigenvalue weighted by atomic mass is 9.77. The number of benzene rings is 1. The molecule has 126 valence electrons. The average molecular weight is 315 g/mol. The minimum atomic E-state index is -0.0359. The third-order valence-electron chi connectivity index (χ3n) is 5.44. The van der Waals surface area contributed by atoms with Gasteiger partial charge in [0.05, 0.1) is 0 Å². The SMILES string of the molecule is CC(N)CC(=O)N1CCC2(CCN(Cc3ccccc3)C2)CC1. The Morgan fingerprint density at radius 3 is 2.48 bits per heavy atom. The van der Waals surface area contributed by atoms with Gasteiger partial charge in [-0.3, -0.25) is 9.69 Å². The molecule has 1 atom stereocenters. The number of carbonyl (C=O) groups excluding carboxylic acids is 1. The number of amides is 1. The third kappa shape index (κ3) is 4.12. The second kappa shape index (κ2) is 7.02. The van der Waals surface area contributed by atoms with Gasteiger partial charge in [-0.2, -0.15) is 0 Å². The molecule has 0 aromatic heterocycles. The van der Waals surface area contributed by atoms with Crippen LogP contribution in [0.2, 0.25) is 0 Å². The van der Waals surface area contributed by atoms with Crippen LogP contribution in [-0.4, -0.2) is 47.9 Å². The number of carbonyl (C=O) groups is 1. The minimum Gasteiger partial charge on any atom is -0.343 e. The first-order chi connectivity index (χ1) is 11.1. The molecule has 2 saturated heterocycles. The molecule has 2 fully saturated rings. The van der Waals surface area contributed by atoms with Crippen molar-refractivity contribution in [1.82, 2.24) is 9.80 Å². The van der Waals surface area contributed by atoms with Crippen LogP contribution >= 0.6 is 0 Å². The Morgan fingerprint density at radius 1 is 1.17 bits per heavy atom. The maximum absolute atomic E-state index is 12.2. The Bertz CT molecular complexity index is 521. The molecule has 0 saturated carbocycles. The first-order valence-corrected chi connectivity index (χ1v) is 8.86. The van der Waals surface area contributed by atoms with Crippen molar-refractivity contribution in [3.8, 4) is 0 Å². The standard InChI is InChI=1S/C19H29N3O/c1-16(20)13-18(23)22-11-8-19(9-12-22)7-10-21(15-19)14-17-5-3-2-4-6-17/h2-6,16H,7-15,20H2,1H3. The third-order valence-corrected chi connectivity index (χ3v) is 5.44. The molecule has 1 unspecified atom stereocenters. The second-order valence-electron chi connectivity index (χ2n) is 7.51. The summed E-state index contributed by atoms with van der Waals surface area (Å²) >= 11 is 0. The molecule has 4 nitrogen and oxygen atoms in total. The highest BCUT2D eigenvalue weighted by atomic mass is 16.2. The molecule has 2 aliphatic rings. The van der Waals surface area contributed by atoms with Gasteiger partial charge < -0.3 is 10.6 Å². The molecule has 23 heavy (non-hydrogen) atoms. The molecule has 0 aliphatic carbocycles. The van der Waals surface area contributed by atoms with E-state index in [1.54, 1.807) is 0 Å². The highest BCUT2D eigenvalue weighted by Gasteiger charge is 2.41. The van der Waals surface area contributed by atoms with Gasteiger partial charge in [-0.05, 0) is 43.7 Å². The summed E-state index contributed by atoms with van der Waals surface area (Å²) in [6.45, 7) is 7.13. The monoisotopic (exact) mass is 315 g/mol. The molecular weight excluding hydrogens is 286 g/mol. The van der Waals surface area contributed by atoms with Crippen LogP contribution in [0, 0.1) is 5.41 Å². The van der Waals surface area contributed by atoms with Crippen molar-refractivity contribution in [2.75, 3.05) is 26.2 Å². The van der Waals surface area contributed by atoms with Crippen molar-refractivity contribution in [1.29, 1.82) is 0 Å². The molecule has 1 aromatic carbocycles. The number of rotatable bonds is 4. The first kappa shape index (κ1) is 16.5. The second-order valence-corrected chi connectivity index (χ2v) is 7.51. The molecule has 0 radical (unpaired) electrons. The predicted molar refractivity (Wildman–Crippen MR) is 92.8 cm³/mol. The van der Waals surface area contributed by atoms with Crippen LogP contribution in [0.4, 0.5) is 0 Å². The summed E-state index contributed by atoms with van der Waals surface area (Å²) in [7, 11) is 0. The van der Waals surface area contributed by atoms with E-state index in [0.29, 0.717) is 11.8 Å². The van der Waals surface area contributed by atoms with Gasteiger partial charge in [-0.15, -0.1) is 0 Å². The smallest absolute Gasteiger partial charge is 0.224 e. The molecule has 1 spiro atoms. The van der Waals surface area contributed by atoms with E-state index >= 15 is 0 Å². The summed E-state index contributed by atoms with van der Waals surface area (Å²) in [4.78, 5) is 16.8. The van der Waals surface area contributed by atoms with Crippen LogP contribution in [0.3, 0.4) is 0 Å². The molecule has 2 N–H and O–H groups in total. The summed E-state index contributed by atoms with van der Waals surface area (Å²) in [5, 5.41) is 0. The van der Waals surface area contributed by atoms with Crippen molar-refractivity contribution in [3.05, 3.63) is 35.9 Å². The summed E-state index contributed by atoms with van der Waals surface area (Å²) in [5.74, 6) is 0.231. The summed E-state index contributed by atoms with van der Waals surface area (Å²) in [6.07, 6.45) is 4.04. The van der Waals surface area contributed by atoms with Gasteiger partial charge in [-0.1, -0.05) is 30.3 Å². The summed E-state index contributed by atoms with van der Waals surface area (Å²) in [6, 6.07) is 10.7. The lowest BCUT2D eigenvalue weighted by Gasteiger charge is -2.39. The van der Waals surface area contributed by atoms with Gasteiger partial charge in [-0.25, -0.2) is 0 Å². The van der Waals surface area contributed by atoms with E-state index in [2.05, 4.69) is 35.2 Å². The van der Waals surface area contributed by atoms with E-state index in [0.717, 1.165) is 32.5 Å². The lowest BCUT2D eigenvalue weighted by molar-refractivity contribution is -0.133. The van der Waals surface area contributed by atoms with Crippen molar-refractivity contribution in [2.24, 2.45) is 11.1 Å². The molecule has 2 heterocycles. The molecule has 1 amide bonds. The largest absolute Gasteiger partial charge is 0.343 e. The van der Waals surface area contributed by atoms with Gasteiger partial charge >= 0.3 is 0 Å². The fourth-order valence-electron chi connectivity index (χ4n) is 4.05. The van der Waals surface area contributed by atoms with Crippen LogP contribution in [0.15, 0.2) is 30.3 Å². The van der Waals surface area contributed by atoms with Crippen LogP contribution in [0.5, 0.6) is 0 Å². The zero-order valence-electron chi connectivity index (χ0n) is 14.2. The Kier molecular flexibility index (Phi) is 5.02. The van der Waals surface area contributed by atoms with Crippen molar-refractivity contribution >= 4 is 5.91 Å². The number of likely N-dealkylation sites (tertiary alicyclic amines) is 2. The Hall–Kier alpha value is -1.39. The van der Waals surface area contributed by atoms with Crippen molar-refractivity contribution in [3.63, 3.8) is 0 Å². The number of hydrogen-bond donors (Lipinski definition) is 1. The zero-order chi connectivity index (χ0) is 16.3. The normalized spacial score (nSPS) is 22.4. The average Bonchev–Trinajstić information content (AvgIpc) is 2.91. The molecule has 2 aliphatic heterocycles. The van der Waals surface area contributed by atoms with Crippen LogP contribution in [0.25, 0.3) is 0 Å². The molecule has 4 heteroatoms. The van der Waals surface area contributed by atoms with E-state index in [1.807, 2.05) is 11.8 Å². The fourth-order valence-corrected chi connectivity index (χ4v) is 4.05. The van der Waals surface area contributed by atoms with Gasteiger partial charge in [0.15, 0.2) is 0 Å². The van der Waals surface area contributed by atoms with Crippen LogP contribution < -0.4 is 5.73 Å². The molecule has 0 bridgehead atoms. The first-order valence-electron chi connectivity index (χ1n) is 8.86. The van der Waals surface area contributed by atoms with Crippen LogP contribution in [0.1, 0.15) is 38.2 Å². The molecular formula is C19H29N3O. The number of nitrogens with two attached hydrogens (primary N) is 1. The fraction of sp³-hybridized carbons (Fsp3) is 0.632. The molecule has 1 aromatic rings. The number of hydrogen-bond acceptors (Lipinski definition) is 3. The van der Waals surface area contributed by atoms with Gasteiger partial charge in [0, 0.05) is 38.6 Å². The van der Waals surface area contributed by atoms with E-state index < -0.39 is 0 Å². The highest BCUT2D eigenvalue weighted by Crippen LogP contribution is 2.40. The zero-order valence-corrected chi connectivity index (χ0v) is 14.2. The van der Waals surface area contributed by atoms with E-state index in [1.165, 1.54) is 25.1 Å². The number of piperidine rings is 1. The van der Waals surface area contributed by atoms with Gasteiger partial charge in [0.1, 0.15) is 0 Å². The quantitative estimate of drug-likeness (QED) is 0.927.